The molecule has 0 spiro atoms. The van der Waals surface area contributed by atoms with Gasteiger partial charge in [0.05, 0.1) is 25.8 Å². The fourth-order valence-corrected chi connectivity index (χ4v) is 4.33. The summed E-state index contributed by atoms with van der Waals surface area (Å²) in [5.41, 5.74) is 2.78. The smallest absolute Gasteiger partial charge is 0.254 e. The molecule has 3 fully saturated rings. The van der Waals surface area contributed by atoms with Gasteiger partial charge in [-0.15, -0.1) is 0 Å². The predicted octanol–water partition coefficient (Wildman–Crippen LogP) is 1.58. The molecule has 0 bridgehead atoms. The molecule has 0 atom stereocenters. The number of hydrogen-bond acceptors (Lipinski definition) is 9. The van der Waals surface area contributed by atoms with E-state index in [-0.39, 0.29) is 18.2 Å². The van der Waals surface area contributed by atoms with Gasteiger partial charge < -0.3 is 20.3 Å². The number of anilines is 3. The standard InChI is InChI=1S/C24H26N8O3/c33-21-11-16(24(34)30-21)10-17-14-27-32-20(28-18-3-4-18)12-19(29-23(17)32)26-13-15-2-1-5-25-22(15)31-6-8-35-9-7-31/h1-2,5,10,12,14,18,28H,3-4,6-9,11,13H2,(H,26,29)(H,30,33,34)/b16-10+. The van der Waals surface area contributed by atoms with Crippen LogP contribution in [0.5, 0.6) is 0 Å². The third-order valence-electron chi connectivity index (χ3n) is 6.29. The minimum absolute atomic E-state index is 0.0621. The maximum Gasteiger partial charge on any atom is 0.254 e. The molecule has 6 rings (SSSR count). The summed E-state index contributed by atoms with van der Waals surface area (Å²) in [7, 11) is 0. The van der Waals surface area contributed by atoms with E-state index in [1.54, 1.807) is 16.8 Å². The molecule has 2 aliphatic heterocycles. The van der Waals surface area contributed by atoms with Crippen molar-refractivity contribution in [2.24, 2.45) is 0 Å². The van der Waals surface area contributed by atoms with Gasteiger partial charge in [0.2, 0.25) is 5.91 Å². The number of morpholine rings is 1. The first-order valence-electron chi connectivity index (χ1n) is 11.8. The number of nitrogens with zero attached hydrogens (tertiary/aromatic N) is 5. The summed E-state index contributed by atoms with van der Waals surface area (Å²) in [4.78, 5) is 35.3. The Balaban J connectivity index is 1.31. The summed E-state index contributed by atoms with van der Waals surface area (Å²) in [6.07, 6.45) is 7.47. The largest absolute Gasteiger partial charge is 0.378 e. The van der Waals surface area contributed by atoms with Crippen LogP contribution < -0.4 is 20.9 Å². The number of aromatic nitrogens is 4. The van der Waals surface area contributed by atoms with Crippen molar-refractivity contribution in [1.29, 1.82) is 0 Å². The van der Waals surface area contributed by atoms with E-state index in [1.807, 2.05) is 18.3 Å². The average Bonchev–Trinajstić information content (AvgIpc) is 3.51. The van der Waals surface area contributed by atoms with Crippen molar-refractivity contribution < 1.29 is 14.3 Å². The molecule has 35 heavy (non-hydrogen) atoms. The third-order valence-corrected chi connectivity index (χ3v) is 6.29. The molecule has 1 aliphatic carbocycles. The van der Waals surface area contributed by atoms with Crippen molar-refractivity contribution in [1.82, 2.24) is 24.9 Å². The summed E-state index contributed by atoms with van der Waals surface area (Å²) < 4.78 is 7.23. The Morgan fingerprint density at radius 3 is 2.86 bits per heavy atom. The summed E-state index contributed by atoms with van der Waals surface area (Å²) in [5.74, 6) is 1.80. The SMILES string of the molecule is O=C1C/C(=C\c2cnn3c(NC4CC4)cc(NCc4cccnc4N4CCOCC4)nc23)C(=O)N1. The van der Waals surface area contributed by atoms with Gasteiger partial charge >= 0.3 is 0 Å². The molecule has 11 heteroatoms. The first-order chi connectivity index (χ1) is 17.1. The lowest BCUT2D eigenvalue weighted by Crippen LogP contribution is -2.37. The van der Waals surface area contributed by atoms with Crippen molar-refractivity contribution in [2.75, 3.05) is 41.8 Å². The van der Waals surface area contributed by atoms with E-state index < -0.39 is 0 Å². The number of ether oxygens (including phenoxy) is 1. The van der Waals surface area contributed by atoms with E-state index in [2.05, 4.69) is 37.0 Å². The van der Waals surface area contributed by atoms with Gasteiger partial charge in [-0.05, 0) is 25.0 Å². The van der Waals surface area contributed by atoms with E-state index in [9.17, 15) is 9.59 Å². The molecule has 3 aliphatic rings. The monoisotopic (exact) mass is 474 g/mol. The first-order valence-corrected chi connectivity index (χ1v) is 11.8. The van der Waals surface area contributed by atoms with Crippen LogP contribution in [0.2, 0.25) is 0 Å². The van der Waals surface area contributed by atoms with Crippen LogP contribution in [0.25, 0.3) is 11.7 Å². The summed E-state index contributed by atoms with van der Waals surface area (Å²) in [5, 5.41) is 13.8. The van der Waals surface area contributed by atoms with Gasteiger partial charge in [-0.2, -0.15) is 9.61 Å². The number of pyridine rings is 1. The van der Waals surface area contributed by atoms with Gasteiger partial charge in [-0.25, -0.2) is 9.97 Å². The van der Waals surface area contributed by atoms with Crippen LogP contribution >= 0.6 is 0 Å². The molecule has 3 aromatic rings. The van der Waals surface area contributed by atoms with Crippen LogP contribution in [0.4, 0.5) is 17.5 Å². The van der Waals surface area contributed by atoms with Gasteiger partial charge in [0, 0.05) is 54.6 Å². The molecule has 0 radical (unpaired) electrons. The lowest BCUT2D eigenvalue weighted by Gasteiger charge is -2.29. The van der Waals surface area contributed by atoms with Crippen LogP contribution in [0.15, 0.2) is 36.2 Å². The van der Waals surface area contributed by atoms with Gasteiger partial charge in [-0.1, -0.05) is 6.07 Å². The molecule has 2 amide bonds. The zero-order valence-electron chi connectivity index (χ0n) is 19.2. The highest BCUT2D eigenvalue weighted by molar-refractivity contribution is 6.15. The van der Waals surface area contributed by atoms with Crippen LogP contribution in [0, 0.1) is 0 Å². The number of nitrogens with one attached hydrogen (secondary N) is 3. The van der Waals surface area contributed by atoms with Gasteiger partial charge in [0.15, 0.2) is 5.65 Å². The minimum atomic E-state index is -0.368. The lowest BCUT2D eigenvalue weighted by molar-refractivity contribution is -0.124. The molecule has 1 saturated carbocycles. The number of carbonyl (C=O) groups excluding carboxylic acids is 2. The van der Waals surface area contributed by atoms with E-state index >= 15 is 0 Å². The molecule has 2 saturated heterocycles. The Hall–Kier alpha value is -3.99. The maximum atomic E-state index is 12.1. The Labute approximate surface area is 201 Å². The summed E-state index contributed by atoms with van der Waals surface area (Å²) in [6, 6.07) is 6.37. The van der Waals surface area contributed by atoms with E-state index in [1.165, 1.54) is 0 Å². The van der Waals surface area contributed by atoms with Crippen LogP contribution in [-0.4, -0.2) is 63.7 Å². The number of carbonyl (C=O) groups is 2. The Morgan fingerprint density at radius 2 is 2.09 bits per heavy atom. The molecule has 11 nitrogen and oxygen atoms in total. The molecular formula is C24H26N8O3. The molecule has 0 aromatic carbocycles. The first kappa shape index (κ1) is 21.5. The van der Waals surface area contributed by atoms with Gasteiger partial charge in [-0.3, -0.25) is 14.9 Å². The number of fused-ring (bicyclic) bond motifs is 1. The van der Waals surface area contributed by atoms with Crippen LogP contribution in [-0.2, 0) is 20.9 Å². The van der Waals surface area contributed by atoms with Crippen LogP contribution in [0.1, 0.15) is 30.4 Å². The Bertz CT molecular complexity index is 1320. The van der Waals surface area contributed by atoms with Crippen molar-refractivity contribution in [3.63, 3.8) is 0 Å². The second-order valence-electron chi connectivity index (χ2n) is 8.94. The summed E-state index contributed by atoms with van der Waals surface area (Å²) in [6.45, 7) is 3.57. The number of rotatable bonds is 7. The van der Waals surface area contributed by atoms with E-state index in [0.717, 1.165) is 43.1 Å². The highest BCUT2D eigenvalue weighted by Gasteiger charge is 2.26. The van der Waals surface area contributed by atoms with E-state index in [4.69, 9.17) is 9.72 Å². The molecule has 0 unspecified atom stereocenters. The van der Waals surface area contributed by atoms with Gasteiger partial charge in [0.25, 0.3) is 5.91 Å². The molecular weight excluding hydrogens is 448 g/mol. The molecule has 3 N–H and O–H groups in total. The zero-order chi connectivity index (χ0) is 23.8. The molecule has 180 valence electrons. The summed E-state index contributed by atoms with van der Waals surface area (Å²) >= 11 is 0. The predicted molar refractivity (Wildman–Crippen MR) is 130 cm³/mol. The average molecular weight is 475 g/mol. The fourth-order valence-electron chi connectivity index (χ4n) is 4.33. The fraction of sp³-hybridized carbons (Fsp3) is 0.375. The number of imide groups is 1. The van der Waals surface area contributed by atoms with Crippen molar-refractivity contribution in [3.05, 3.63) is 47.3 Å². The number of hydrogen-bond donors (Lipinski definition) is 3. The van der Waals surface area contributed by atoms with E-state index in [0.29, 0.717) is 48.4 Å². The van der Waals surface area contributed by atoms with Gasteiger partial charge in [0.1, 0.15) is 17.5 Å². The quantitative estimate of drug-likeness (QED) is 0.346. The molecule has 3 aromatic heterocycles. The second-order valence-corrected chi connectivity index (χ2v) is 8.94. The van der Waals surface area contributed by atoms with Crippen LogP contribution in [0.3, 0.4) is 0 Å². The number of amides is 2. The molecule has 5 heterocycles. The highest BCUT2D eigenvalue weighted by atomic mass is 16.5. The Kier molecular flexibility index (Phi) is 5.53. The normalized spacial score (nSPS) is 19.4. The maximum absolute atomic E-state index is 12.1. The Morgan fingerprint density at radius 1 is 1.23 bits per heavy atom. The topological polar surface area (TPSA) is 126 Å². The second kappa shape index (κ2) is 8.99. The highest BCUT2D eigenvalue weighted by Crippen LogP contribution is 2.28. The van der Waals surface area contributed by atoms with Crippen molar-refractivity contribution in [3.8, 4) is 0 Å². The zero-order valence-corrected chi connectivity index (χ0v) is 19.2. The minimum Gasteiger partial charge on any atom is -0.378 e. The van der Waals surface area contributed by atoms with Crippen molar-refractivity contribution >= 4 is 41.0 Å². The lowest BCUT2D eigenvalue weighted by atomic mass is 10.1. The van der Waals surface area contributed by atoms with Crippen molar-refractivity contribution in [2.45, 2.75) is 31.8 Å². The third kappa shape index (κ3) is 4.54.